The molecule has 0 spiro atoms. The van der Waals surface area contributed by atoms with Gasteiger partial charge in [-0.1, -0.05) is 6.92 Å². The van der Waals surface area contributed by atoms with Crippen molar-refractivity contribution in [1.82, 2.24) is 39.0 Å². The Morgan fingerprint density at radius 1 is 0.826 bits per heavy atom. The van der Waals surface area contributed by atoms with E-state index in [-0.39, 0.29) is 34.2 Å². The molecule has 7 rings (SSSR count). The van der Waals surface area contributed by atoms with Gasteiger partial charge in [0.15, 0.2) is 28.6 Å². The number of fused-ring (bicyclic) bond motifs is 4. The molecule has 0 saturated carbocycles. The lowest BCUT2D eigenvalue weighted by Crippen LogP contribution is -2.37. The normalized spacial score (nSPS) is 37.1. The predicted molar refractivity (Wildman–Crippen MR) is 149 cm³/mol. The minimum absolute atomic E-state index is 0.0395. The lowest BCUT2D eigenvalue weighted by Gasteiger charge is -2.28. The second-order valence-electron chi connectivity index (χ2n) is 10.7. The molecule has 9 N–H and O–H groups in total. The average Bonchev–Trinajstić information content (AvgIpc) is 3.72. The fourth-order valence-electron chi connectivity index (χ4n) is 5.67. The standard InChI is InChI=1S/C21H26N10O13P2/c1-6-12-7(41-18(6)30-4-24-9-14(30)26-20(22)28-16(9)33)2-39-46(37,38)44-13-8(3-40-45(35,36)43-12)42-19(11(13)32)31-5-25-10-15(31)27-21(23)29-17(10)34/h4-8,11-13,18-19,32H,2-3H2,1H3,(H,35,36)(H,37,38)(H3,22,26,28,33)(H3,23,27,29,34)/t6-,7-,8-,11-,12?,13?,18+,19+/m0/s1. The van der Waals surface area contributed by atoms with Gasteiger partial charge in [0.1, 0.15) is 36.7 Å². The van der Waals surface area contributed by atoms with Gasteiger partial charge < -0.3 is 35.8 Å². The van der Waals surface area contributed by atoms with Gasteiger partial charge in [-0.05, 0) is 0 Å². The quantitative estimate of drug-likeness (QED) is 0.115. The Balaban J connectivity index is 1.18. The number of nitrogen functional groups attached to an aromatic ring is 2. The summed E-state index contributed by atoms with van der Waals surface area (Å²) in [5, 5.41) is 11.1. The second kappa shape index (κ2) is 11.0. The van der Waals surface area contributed by atoms with E-state index in [1.807, 2.05) is 0 Å². The smallest absolute Gasteiger partial charge is 0.386 e. The van der Waals surface area contributed by atoms with Crippen LogP contribution in [-0.4, -0.2) is 97.7 Å². The number of ether oxygens (including phenoxy) is 2. The Hall–Kier alpha value is -3.60. The molecule has 23 nitrogen and oxygen atoms in total. The highest BCUT2D eigenvalue weighted by atomic mass is 31.2. The zero-order valence-corrected chi connectivity index (χ0v) is 25.1. The van der Waals surface area contributed by atoms with Crippen molar-refractivity contribution in [2.75, 3.05) is 24.7 Å². The molecule has 7 heterocycles. The molecule has 3 aliphatic heterocycles. The summed E-state index contributed by atoms with van der Waals surface area (Å²) in [6.45, 7) is 0.0813. The van der Waals surface area contributed by atoms with Gasteiger partial charge in [0.05, 0.1) is 25.9 Å². The van der Waals surface area contributed by atoms with E-state index < -0.39 is 88.9 Å². The first-order valence-electron chi connectivity index (χ1n) is 13.5. The van der Waals surface area contributed by atoms with E-state index in [0.29, 0.717) is 0 Å². The van der Waals surface area contributed by atoms with Crippen molar-refractivity contribution in [2.24, 2.45) is 5.92 Å². The Kier molecular flexibility index (Phi) is 7.41. The molecular weight excluding hydrogens is 662 g/mol. The van der Waals surface area contributed by atoms with Crippen LogP contribution in [-0.2, 0) is 36.7 Å². The Labute approximate surface area is 254 Å². The van der Waals surface area contributed by atoms with E-state index in [1.165, 1.54) is 10.9 Å². The lowest BCUT2D eigenvalue weighted by molar-refractivity contribution is -0.0663. The van der Waals surface area contributed by atoms with Gasteiger partial charge in [-0.15, -0.1) is 0 Å². The molecule has 10 atom stereocenters. The van der Waals surface area contributed by atoms with E-state index in [4.69, 9.17) is 39.0 Å². The number of aliphatic hydroxyl groups excluding tert-OH is 1. The van der Waals surface area contributed by atoms with Crippen LogP contribution >= 0.6 is 15.6 Å². The fraction of sp³-hybridized carbons (Fsp3) is 0.524. The third-order valence-electron chi connectivity index (χ3n) is 7.72. The van der Waals surface area contributed by atoms with Gasteiger partial charge in [-0.3, -0.25) is 46.8 Å². The van der Waals surface area contributed by atoms with Crippen molar-refractivity contribution in [3.8, 4) is 0 Å². The first-order valence-corrected chi connectivity index (χ1v) is 16.5. The minimum atomic E-state index is -5.02. The number of H-pyrrole nitrogens is 2. The SMILES string of the molecule is C[C@H]1C2OP(=O)(O)OC[C@@H]3O[C@@H](n4cnc5c(=O)[nH]c(N)nc54)[C@@H](O)C3OP(=O)(O)OC[C@@H]2O[C@H]1n1cnc2c(=O)[nH]c(N)nc21. The summed E-state index contributed by atoms with van der Waals surface area (Å²) in [5.41, 5.74) is 9.78. The van der Waals surface area contributed by atoms with Crippen molar-refractivity contribution in [2.45, 2.75) is 49.9 Å². The number of aliphatic hydroxyl groups is 1. The number of anilines is 2. The summed E-state index contributed by atoms with van der Waals surface area (Å²) >= 11 is 0. The fourth-order valence-corrected chi connectivity index (χ4v) is 7.67. The van der Waals surface area contributed by atoms with Gasteiger partial charge in [0, 0.05) is 5.92 Å². The van der Waals surface area contributed by atoms with E-state index in [1.54, 1.807) is 6.92 Å². The summed E-state index contributed by atoms with van der Waals surface area (Å²) in [5.74, 6) is -1.25. The van der Waals surface area contributed by atoms with Crippen LogP contribution in [0.1, 0.15) is 19.4 Å². The highest BCUT2D eigenvalue weighted by Gasteiger charge is 2.53. The van der Waals surface area contributed by atoms with Crippen molar-refractivity contribution in [3.63, 3.8) is 0 Å². The van der Waals surface area contributed by atoms with Gasteiger partial charge >= 0.3 is 15.6 Å². The van der Waals surface area contributed by atoms with Crippen molar-refractivity contribution >= 4 is 49.9 Å². The molecule has 3 saturated heterocycles. The molecule has 0 bridgehead atoms. The number of hydrogen-bond acceptors (Lipinski definition) is 17. The van der Waals surface area contributed by atoms with Crippen LogP contribution in [0.25, 0.3) is 22.3 Å². The third kappa shape index (κ3) is 5.34. The second-order valence-corrected chi connectivity index (χ2v) is 13.5. The molecule has 0 radical (unpaired) electrons. The molecule has 0 aromatic carbocycles. The minimum Gasteiger partial charge on any atom is -0.386 e. The predicted octanol–water partition coefficient (Wildman–Crippen LogP) is -1.77. The van der Waals surface area contributed by atoms with Crippen molar-refractivity contribution < 1.29 is 51.6 Å². The van der Waals surface area contributed by atoms with Gasteiger partial charge in [0.2, 0.25) is 11.9 Å². The molecular formula is C21H26N10O13P2. The molecule has 4 unspecified atom stereocenters. The maximum Gasteiger partial charge on any atom is 0.472 e. The largest absolute Gasteiger partial charge is 0.472 e. The number of nitrogens with one attached hydrogen (secondary N) is 2. The first-order chi connectivity index (χ1) is 21.7. The van der Waals surface area contributed by atoms with Crippen LogP contribution in [0.15, 0.2) is 22.2 Å². The number of aromatic nitrogens is 8. The summed E-state index contributed by atoms with van der Waals surface area (Å²) in [7, 11) is -9.96. The molecule has 25 heteroatoms. The van der Waals surface area contributed by atoms with Gasteiger partial charge in [-0.25, -0.2) is 19.1 Å². The van der Waals surface area contributed by atoms with Crippen LogP contribution in [0.3, 0.4) is 0 Å². The molecule has 3 aliphatic rings. The highest BCUT2D eigenvalue weighted by Crippen LogP contribution is 2.54. The van der Waals surface area contributed by atoms with Crippen LogP contribution in [0.2, 0.25) is 0 Å². The van der Waals surface area contributed by atoms with Crippen LogP contribution < -0.4 is 22.6 Å². The monoisotopic (exact) mass is 688 g/mol. The first kappa shape index (κ1) is 31.0. The number of imidazole rings is 2. The number of phosphoric acid groups is 2. The number of nitrogens with zero attached hydrogens (tertiary/aromatic N) is 6. The summed E-state index contributed by atoms with van der Waals surface area (Å²) in [6, 6.07) is 0. The molecule has 248 valence electrons. The highest BCUT2D eigenvalue weighted by molar-refractivity contribution is 7.47. The topological polar surface area (TPSA) is 329 Å². The van der Waals surface area contributed by atoms with Crippen LogP contribution in [0, 0.1) is 5.92 Å². The maximum absolute atomic E-state index is 13.2. The summed E-state index contributed by atoms with van der Waals surface area (Å²) in [4.78, 5) is 66.5. The average molecular weight is 688 g/mol. The van der Waals surface area contributed by atoms with Crippen molar-refractivity contribution in [3.05, 3.63) is 33.4 Å². The number of nitrogens with two attached hydrogens (primary N) is 2. The number of aromatic amines is 2. The summed E-state index contributed by atoms with van der Waals surface area (Å²) < 4.78 is 61.8. The molecule has 3 fully saturated rings. The zero-order valence-electron chi connectivity index (χ0n) is 23.3. The Morgan fingerprint density at radius 2 is 1.28 bits per heavy atom. The number of hydrogen-bond donors (Lipinski definition) is 7. The van der Waals surface area contributed by atoms with E-state index >= 15 is 0 Å². The maximum atomic E-state index is 13.2. The molecule has 0 amide bonds. The number of rotatable bonds is 2. The molecule has 0 aliphatic carbocycles. The zero-order chi connectivity index (χ0) is 32.7. The number of phosphoric ester groups is 2. The molecule has 46 heavy (non-hydrogen) atoms. The lowest BCUT2D eigenvalue weighted by atomic mass is 10.0. The molecule has 4 aromatic heterocycles. The Morgan fingerprint density at radius 3 is 1.83 bits per heavy atom. The van der Waals surface area contributed by atoms with E-state index in [0.717, 1.165) is 10.9 Å². The third-order valence-corrected chi connectivity index (χ3v) is 9.69. The van der Waals surface area contributed by atoms with E-state index in [2.05, 4.69) is 29.9 Å². The van der Waals surface area contributed by atoms with Gasteiger partial charge in [0.25, 0.3) is 11.1 Å². The van der Waals surface area contributed by atoms with Gasteiger partial charge in [-0.2, -0.15) is 9.97 Å². The Bertz CT molecular complexity index is 1900. The molecule has 4 aromatic rings. The summed E-state index contributed by atoms with van der Waals surface area (Å²) in [6.07, 6.45) is -7.58. The van der Waals surface area contributed by atoms with E-state index in [9.17, 15) is 33.6 Å². The van der Waals surface area contributed by atoms with Crippen LogP contribution in [0.4, 0.5) is 11.9 Å². The van der Waals surface area contributed by atoms with Crippen molar-refractivity contribution in [1.29, 1.82) is 0 Å². The van der Waals surface area contributed by atoms with Crippen LogP contribution in [0.5, 0.6) is 0 Å².